The van der Waals surface area contributed by atoms with Crippen molar-refractivity contribution in [2.24, 2.45) is 0 Å². The molecule has 17 heavy (non-hydrogen) atoms. The van der Waals surface area contributed by atoms with E-state index in [4.69, 9.17) is 0 Å². The van der Waals surface area contributed by atoms with Crippen LogP contribution in [0.15, 0.2) is 48.7 Å². The highest BCUT2D eigenvalue weighted by Crippen LogP contribution is 2.12. The van der Waals surface area contributed by atoms with E-state index in [0.717, 1.165) is 13.1 Å². The molecule has 0 aliphatic heterocycles. The summed E-state index contributed by atoms with van der Waals surface area (Å²) in [6.45, 7) is 6.32. The Morgan fingerprint density at radius 1 is 1.12 bits per heavy atom. The summed E-state index contributed by atoms with van der Waals surface area (Å²) in [5.74, 6) is 0. The normalized spacial score (nSPS) is 12.6. The van der Waals surface area contributed by atoms with E-state index in [1.165, 1.54) is 11.3 Å². The van der Waals surface area contributed by atoms with Gasteiger partial charge in [0.1, 0.15) is 0 Å². The van der Waals surface area contributed by atoms with Gasteiger partial charge in [-0.1, -0.05) is 30.3 Å². The lowest BCUT2D eigenvalue weighted by Crippen LogP contribution is -2.19. The summed E-state index contributed by atoms with van der Waals surface area (Å²) in [5, 5.41) is 3.56. The third kappa shape index (κ3) is 2.98. The summed E-state index contributed by atoms with van der Waals surface area (Å²) in [5.41, 5.74) is 2.68. The molecule has 0 unspecified atom stereocenters. The SMILES string of the molecule is CCn1cccc1CN[C@H](C)c1ccccc1. The van der Waals surface area contributed by atoms with Crippen LogP contribution in [0.25, 0.3) is 0 Å². The molecule has 1 heterocycles. The second-order valence-corrected chi connectivity index (χ2v) is 4.30. The molecule has 0 aliphatic rings. The summed E-state index contributed by atoms with van der Waals surface area (Å²) in [6.07, 6.45) is 2.13. The molecule has 90 valence electrons. The van der Waals surface area contributed by atoms with Crippen LogP contribution in [0.3, 0.4) is 0 Å². The van der Waals surface area contributed by atoms with E-state index in [9.17, 15) is 0 Å². The highest BCUT2D eigenvalue weighted by Gasteiger charge is 2.05. The first-order valence-corrected chi connectivity index (χ1v) is 6.23. The molecule has 0 radical (unpaired) electrons. The topological polar surface area (TPSA) is 17.0 Å². The summed E-state index contributed by atoms with van der Waals surface area (Å²) in [6, 6.07) is 15.2. The largest absolute Gasteiger partial charge is 0.351 e. The predicted octanol–water partition coefficient (Wildman–Crippen LogP) is 3.36. The first-order valence-electron chi connectivity index (χ1n) is 6.23. The van der Waals surface area contributed by atoms with E-state index < -0.39 is 0 Å². The fourth-order valence-electron chi connectivity index (χ4n) is 2.04. The van der Waals surface area contributed by atoms with Crippen molar-refractivity contribution < 1.29 is 0 Å². The molecule has 2 aromatic rings. The third-order valence-corrected chi connectivity index (χ3v) is 3.15. The van der Waals surface area contributed by atoms with E-state index in [0.29, 0.717) is 6.04 Å². The van der Waals surface area contributed by atoms with Gasteiger partial charge in [0.25, 0.3) is 0 Å². The van der Waals surface area contributed by atoms with Gasteiger partial charge in [0.05, 0.1) is 0 Å². The molecule has 2 nitrogen and oxygen atoms in total. The molecule has 0 saturated heterocycles. The zero-order valence-corrected chi connectivity index (χ0v) is 10.6. The van der Waals surface area contributed by atoms with Crippen LogP contribution in [0.5, 0.6) is 0 Å². The molecule has 0 amide bonds. The minimum Gasteiger partial charge on any atom is -0.351 e. The molecule has 0 saturated carbocycles. The van der Waals surface area contributed by atoms with Crippen molar-refractivity contribution in [3.8, 4) is 0 Å². The second kappa shape index (κ2) is 5.69. The van der Waals surface area contributed by atoms with Crippen LogP contribution in [-0.2, 0) is 13.1 Å². The fraction of sp³-hybridized carbons (Fsp3) is 0.333. The molecule has 1 aromatic carbocycles. The lowest BCUT2D eigenvalue weighted by atomic mass is 10.1. The van der Waals surface area contributed by atoms with Gasteiger partial charge < -0.3 is 9.88 Å². The predicted molar refractivity (Wildman–Crippen MR) is 71.8 cm³/mol. The van der Waals surface area contributed by atoms with Crippen LogP contribution in [0, 0.1) is 0 Å². The van der Waals surface area contributed by atoms with Gasteiger partial charge in [-0.05, 0) is 31.5 Å². The Labute approximate surface area is 103 Å². The Kier molecular flexibility index (Phi) is 3.99. The summed E-state index contributed by atoms with van der Waals surface area (Å²) < 4.78 is 2.27. The average Bonchev–Trinajstić information content (AvgIpc) is 2.84. The van der Waals surface area contributed by atoms with Crippen LogP contribution in [-0.4, -0.2) is 4.57 Å². The average molecular weight is 228 g/mol. The highest BCUT2D eigenvalue weighted by atomic mass is 15.0. The van der Waals surface area contributed by atoms with Gasteiger partial charge in [-0.2, -0.15) is 0 Å². The zero-order chi connectivity index (χ0) is 12.1. The van der Waals surface area contributed by atoms with Crippen LogP contribution < -0.4 is 5.32 Å². The number of nitrogens with one attached hydrogen (secondary N) is 1. The van der Waals surface area contributed by atoms with Crippen molar-refractivity contribution >= 4 is 0 Å². The monoisotopic (exact) mass is 228 g/mol. The van der Waals surface area contributed by atoms with Crippen LogP contribution in [0.1, 0.15) is 31.1 Å². The molecule has 0 spiro atoms. The lowest BCUT2D eigenvalue weighted by molar-refractivity contribution is 0.549. The molecule has 1 N–H and O–H groups in total. The van der Waals surface area contributed by atoms with E-state index in [1.807, 2.05) is 0 Å². The summed E-state index contributed by atoms with van der Waals surface area (Å²) in [7, 11) is 0. The fourth-order valence-corrected chi connectivity index (χ4v) is 2.04. The Morgan fingerprint density at radius 2 is 1.88 bits per heavy atom. The quantitative estimate of drug-likeness (QED) is 0.830. The first kappa shape index (κ1) is 11.9. The van der Waals surface area contributed by atoms with Gasteiger partial charge >= 0.3 is 0 Å². The van der Waals surface area contributed by atoms with Crippen LogP contribution in [0.2, 0.25) is 0 Å². The van der Waals surface area contributed by atoms with E-state index >= 15 is 0 Å². The van der Waals surface area contributed by atoms with Gasteiger partial charge in [-0.3, -0.25) is 0 Å². The van der Waals surface area contributed by atoms with Gasteiger partial charge in [0, 0.05) is 31.0 Å². The van der Waals surface area contributed by atoms with Crippen molar-refractivity contribution in [1.82, 2.24) is 9.88 Å². The molecular weight excluding hydrogens is 208 g/mol. The molecule has 2 heteroatoms. The standard InChI is InChI=1S/C15H20N2/c1-3-17-11-7-10-15(17)12-16-13(2)14-8-5-4-6-9-14/h4-11,13,16H,3,12H2,1-2H3/t13-/m1/s1. The highest BCUT2D eigenvalue weighted by molar-refractivity contribution is 5.18. The zero-order valence-electron chi connectivity index (χ0n) is 10.6. The number of aromatic nitrogens is 1. The summed E-state index contributed by atoms with van der Waals surface area (Å²) in [4.78, 5) is 0. The van der Waals surface area contributed by atoms with Gasteiger partial charge in [-0.25, -0.2) is 0 Å². The first-order chi connectivity index (χ1) is 8.31. The van der Waals surface area contributed by atoms with Gasteiger partial charge in [0.15, 0.2) is 0 Å². The maximum atomic E-state index is 3.56. The lowest BCUT2D eigenvalue weighted by Gasteiger charge is -2.15. The number of hydrogen-bond donors (Lipinski definition) is 1. The molecule has 2 rings (SSSR count). The van der Waals surface area contributed by atoms with Crippen molar-refractivity contribution in [2.75, 3.05) is 0 Å². The Morgan fingerprint density at radius 3 is 2.59 bits per heavy atom. The third-order valence-electron chi connectivity index (χ3n) is 3.15. The smallest absolute Gasteiger partial charge is 0.0364 e. The van der Waals surface area contributed by atoms with E-state index in [2.05, 4.69) is 72.4 Å². The molecule has 0 bridgehead atoms. The Balaban J connectivity index is 1.95. The number of benzene rings is 1. The maximum Gasteiger partial charge on any atom is 0.0364 e. The maximum absolute atomic E-state index is 3.56. The number of nitrogens with zero attached hydrogens (tertiary/aromatic N) is 1. The van der Waals surface area contributed by atoms with Crippen molar-refractivity contribution in [1.29, 1.82) is 0 Å². The summed E-state index contributed by atoms with van der Waals surface area (Å²) >= 11 is 0. The van der Waals surface area contributed by atoms with Crippen LogP contribution in [0.4, 0.5) is 0 Å². The molecule has 0 fully saturated rings. The molecule has 1 atom stereocenters. The minimum atomic E-state index is 0.386. The number of rotatable bonds is 5. The van der Waals surface area contributed by atoms with Gasteiger partial charge in [0.2, 0.25) is 0 Å². The van der Waals surface area contributed by atoms with Gasteiger partial charge in [-0.15, -0.1) is 0 Å². The van der Waals surface area contributed by atoms with Crippen molar-refractivity contribution in [2.45, 2.75) is 33.0 Å². The molecule has 1 aromatic heterocycles. The van der Waals surface area contributed by atoms with Crippen molar-refractivity contribution in [3.63, 3.8) is 0 Å². The Hall–Kier alpha value is -1.54. The minimum absolute atomic E-state index is 0.386. The van der Waals surface area contributed by atoms with Crippen molar-refractivity contribution in [3.05, 3.63) is 59.9 Å². The number of aryl methyl sites for hydroxylation is 1. The van der Waals surface area contributed by atoms with E-state index in [-0.39, 0.29) is 0 Å². The van der Waals surface area contributed by atoms with Crippen LogP contribution >= 0.6 is 0 Å². The number of hydrogen-bond acceptors (Lipinski definition) is 1. The van der Waals surface area contributed by atoms with E-state index in [1.54, 1.807) is 0 Å². The molecular formula is C15H20N2. The Bertz CT molecular complexity index is 445. The molecule has 0 aliphatic carbocycles. The second-order valence-electron chi connectivity index (χ2n) is 4.30.